The second kappa shape index (κ2) is 4.26. The highest BCUT2D eigenvalue weighted by Gasteiger charge is 2.09. The summed E-state index contributed by atoms with van der Waals surface area (Å²) in [5.41, 5.74) is 2.19. The van der Waals surface area contributed by atoms with Gasteiger partial charge in [0.2, 0.25) is 0 Å². The van der Waals surface area contributed by atoms with Gasteiger partial charge in [-0.2, -0.15) is 0 Å². The first-order valence-electron chi connectivity index (χ1n) is 5.29. The van der Waals surface area contributed by atoms with Gasteiger partial charge in [-0.15, -0.1) is 11.3 Å². The van der Waals surface area contributed by atoms with Crippen LogP contribution in [0, 0.1) is 0 Å². The maximum atomic E-state index is 10.7. The third kappa shape index (κ3) is 2.09. The van der Waals surface area contributed by atoms with Gasteiger partial charge in [0, 0.05) is 4.70 Å². The Morgan fingerprint density at radius 3 is 2.81 bits per heavy atom. The van der Waals surface area contributed by atoms with E-state index in [-0.39, 0.29) is 6.42 Å². The lowest BCUT2D eigenvalue weighted by Gasteiger charge is -2.05. The molecule has 1 heterocycles. The van der Waals surface area contributed by atoms with E-state index in [4.69, 9.17) is 5.11 Å². The Kier molecular flexibility index (Phi) is 2.97. The summed E-state index contributed by atoms with van der Waals surface area (Å²) < 4.78 is 1.17. The number of rotatable bonds is 3. The zero-order chi connectivity index (χ0) is 11.7. The average Bonchev–Trinajstić information content (AvgIpc) is 2.60. The Bertz CT molecular complexity index is 526. The minimum absolute atomic E-state index is 0.113. The highest BCUT2D eigenvalue weighted by molar-refractivity contribution is 7.17. The Hall–Kier alpha value is -1.35. The van der Waals surface area contributed by atoms with Crippen LogP contribution < -0.4 is 0 Å². The van der Waals surface area contributed by atoms with E-state index in [1.807, 2.05) is 5.38 Å². The van der Waals surface area contributed by atoms with E-state index in [9.17, 15) is 4.79 Å². The zero-order valence-corrected chi connectivity index (χ0v) is 10.2. The third-order valence-electron chi connectivity index (χ3n) is 2.69. The van der Waals surface area contributed by atoms with E-state index in [0.29, 0.717) is 5.92 Å². The molecule has 2 aromatic rings. The molecule has 0 spiro atoms. The molecule has 0 amide bonds. The molecule has 0 saturated heterocycles. The van der Waals surface area contributed by atoms with Crippen molar-refractivity contribution in [1.82, 2.24) is 0 Å². The molecular weight excluding hydrogens is 220 g/mol. The van der Waals surface area contributed by atoms with E-state index in [1.165, 1.54) is 10.3 Å². The van der Waals surface area contributed by atoms with Crippen LogP contribution in [0.1, 0.15) is 30.9 Å². The first-order chi connectivity index (χ1) is 7.58. The highest BCUT2D eigenvalue weighted by Crippen LogP contribution is 2.29. The number of benzene rings is 1. The molecule has 2 nitrogen and oxygen atoms in total. The van der Waals surface area contributed by atoms with Crippen LogP contribution in [-0.2, 0) is 11.2 Å². The number of aliphatic carboxylic acids is 1. The summed E-state index contributed by atoms with van der Waals surface area (Å²) in [6.45, 7) is 4.29. The molecule has 0 atom stereocenters. The normalized spacial score (nSPS) is 11.2. The highest BCUT2D eigenvalue weighted by atomic mass is 32.1. The smallest absolute Gasteiger partial charge is 0.307 e. The molecule has 0 radical (unpaired) electrons. The van der Waals surface area contributed by atoms with Crippen molar-refractivity contribution in [2.45, 2.75) is 26.2 Å². The van der Waals surface area contributed by atoms with Crippen LogP contribution in [0.5, 0.6) is 0 Å². The van der Waals surface area contributed by atoms with Gasteiger partial charge >= 0.3 is 5.97 Å². The Morgan fingerprint density at radius 2 is 2.19 bits per heavy atom. The van der Waals surface area contributed by atoms with Crippen molar-refractivity contribution >= 4 is 27.4 Å². The number of carboxylic acids is 1. The average molecular weight is 234 g/mol. The molecule has 0 fully saturated rings. The van der Waals surface area contributed by atoms with Gasteiger partial charge in [0.15, 0.2) is 0 Å². The predicted molar refractivity (Wildman–Crippen MR) is 67.3 cm³/mol. The maximum Gasteiger partial charge on any atom is 0.307 e. The predicted octanol–water partition coefficient (Wildman–Crippen LogP) is 3.65. The van der Waals surface area contributed by atoms with E-state index >= 15 is 0 Å². The SMILES string of the molecule is CC(C)c1ccc2scc(CC(=O)O)c2c1. The number of hydrogen-bond donors (Lipinski definition) is 1. The van der Waals surface area contributed by atoms with Crippen LogP contribution in [0.15, 0.2) is 23.6 Å². The summed E-state index contributed by atoms with van der Waals surface area (Å²) in [5.74, 6) is -0.295. The standard InChI is InChI=1S/C13H14O2S/c1-8(2)9-3-4-12-11(5-9)10(7-16-12)6-13(14)15/h3-5,7-8H,6H2,1-2H3,(H,14,15). The lowest BCUT2D eigenvalue weighted by atomic mass is 10.00. The third-order valence-corrected chi connectivity index (χ3v) is 3.70. The number of carbonyl (C=O) groups is 1. The van der Waals surface area contributed by atoms with Crippen molar-refractivity contribution in [2.75, 3.05) is 0 Å². The fourth-order valence-corrected chi connectivity index (χ4v) is 2.70. The van der Waals surface area contributed by atoms with Gasteiger partial charge in [0.25, 0.3) is 0 Å². The van der Waals surface area contributed by atoms with Crippen molar-refractivity contribution in [3.8, 4) is 0 Å². The summed E-state index contributed by atoms with van der Waals surface area (Å²) in [4.78, 5) is 10.7. The molecule has 84 valence electrons. The van der Waals surface area contributed by atoms with E-state index in [0.717, 1.165) is 10.9 Å². The topological polar surface area (TPSA) is 37.3 Å². The second-order valence-corrected chi connectivity index (χ2v) is 5.15. The monoisotopic (exact) mass is 234 g/mol. The quantitative estimate of drug-likeness (QED) is 0.880. The minimum Gasteiger partial charge on any atom is -0.481 e. The van der Waals surface area contributed by atoms with Gasteiger partial charge in [0.05, 0.1) is 6.42 Å². The zero-order valence-electron chi connectivity index (χ0n) is 9.36. The fourth-order valence-electron chi connectivity index (χ4n) is 1.76. The molecule has 0 aliphatic rings. The molecule has 0 aliphatic heterocycles. The van der Waals surface area contributed by atoms with Gasteiger partial charge in [-0.3, -0.25) is 4.79 Å². The van der Waals surface area contributed by atoms with Crippen LogP contribution in [-0.4, -0.2) is 11.1 Å². The van der Waals surface area contributed by atoms with Crippen LogP contribution >= 0.6 is 11.3 Å². The molecule has 16 heavy (non-hydrogen) atoms. The van der Waals surface area contributed by atoms with Crippen LogP contribution in [0.2, 0.25) is 0 Å². The van der Waals surface area contributed by atoms with Gasteiger partial charge in [-0.25, -0.2) is 0 Å². The molecular formula is C13H14O2S. The number of hydrogen-bond acceptors (Lipinski definition) is 2. The van der Waals surface area contributed by atoms with Crippen molar-refractivity contribution in [3.63, 3.8) is 0 Å². The molecule has 1 aromatic heterocycles. The summed E-state index contributed by atoms with van der Waals surface area (Å²) in [6, 6.07) is 6.32. The molecule has 2 rings (SSSR count). The molecule has 0 aliphatic carbocycles. The molecule has 1 aromatic carbocycles. The minimum atomic E-state index is -0.769. The molecule has 0 unspecified atom stereocenters. The Morgan fingerprint density at radius 1 is 1.44 bits per heavy atom. The maximum absolute atomic E-state index is 10.7. The lowest BCUT2D eigenvalue weighted by molar-refractivity contribution is -0.136. The van der Waals surface area contributed by atoms with Crippen molar-refractivity contribution in [2.24, 2.45) is 0 Å². The van der Waals surface area contributed by atoms with Crippen LogP contribution in [0.4, 0.5) is 0 Å². The van der Waals surface area contributed by atoms with Crippen molar-refractivity contribution in [3.05, 3.63) is 34.7 Å². The van der Waals surface area contributed by atoms with Crippen LogP contribution in [0.25, 0.3) is 10.1 Å². The van der Waals surface area contributed by atoms with Crippen molar-refractivity contribution in [1.29, 1.82) is 0 Å². The van der Waals surface area contributed by atoms with E-state index in [1.54, 1.807) is 11.3 Å². The molecule has 1 N–H and O–H groups in total. The van der Waals surface area contributed by atoms with Crippen LogP contribution in [0.3, 0.4) is 0 Å². The van der Waals surface area contributed by atoms with Gasteiger partial charge < -0.3 is 5.11 Å². The van der Waals surface area contributed by atoms with Gasteiger partial charge in [0.1, 0.15) is 0 Å². The molecule has 0 bridgehead atoms. The lowest BCUT2D eigenvalue weighted by Crippen LogP contribution is -1.99. The second-order valence-electron chi connectivity index (χ2n) is 4.24. The summed E-state index contributed by atoms with van der Waals surface area (Å²) >= 11 is 1.61. The summed E-state index contributed by atoms with van der Waals surface area (Å²) in [6.07, 6.45) is 0.113. The van der Waals surface area contributed by atoms with Gasteiger partial charge in [-0.05, 0) is 39.9 Å². The first-order valence-corrected chi connectivity index (χ1v) is 6.17. The summed E-state index contributed by atoms with van der Waals surface area (Å²) in [7, 11) is 0. The van der Waals surface area contributed by atoms with Crippen molar-refractivity contribution < 1.29 is 9.90 Å². The Balaban J connectivity index is 2.51. The number of carboxylic acid groups (broad SMARTS) is 1. The number of fused-ring (bicyclic) bond motifs is 1. The van der Waals surface area contributed by atoms with E-state index in [2.05, 4.69) is 32.0 Å². The van der Waals surface area contributed by atoms with Gasteiger partial charge in [-0.1, -0.05) is 19.9 Å². The first kappa shape index (κ1) is 11.1. The molecule has 3 heteroatoms. The fraction of sp³-hybridized carbons (Fsp3) is 0.308. The largest absolute Gasteiger partial charge is 0.481 e. The van der Waals surface area contributed by atoms with E-state index < -0.39 is 5.97 Å². The Labute approximate surface area is 98.5 Å². The summed E-state index contributed by atoms with van der Waals surface area (Å²) in [5, 5.41) is 11.9. The molecule has 0 saturated carbocycles. The number of thiophene rings is 1.